The number of carbonyl (C=O) groups excluding carboxylic acids is 1. The molecule has 0 radical (unpaired) electrons. The molecule has 28 heavy (non-hydrogen) atoms. The summed E-state index contributed by atoms with van der Waals surface area (Å²) in [5.74, 6) is 0.516. The first kappa shape index (κ1) is 20.4. The molecule has 0 bridgehead atoms. The Kier molecular flexibility index (Phi) is 6.70. The average molecular weight is 403 g/mol. The number of carbonyl (C=O) groups is 1. The van der Waals surface area contributed by atoms with Gasteiger partial charge in [0.05, 0.1) is 10.6 Å². The number of anilines is 1. The Morgan fingerprint density at radius 2 is 1.82 bits per heavy atom. The predicted molar refractivity (Wildman–Crippen MR) is 109 cm³/mol. The fourth-order valence-corrected chi connectivity index (χ4v) is 3.82. The van der Waals surface area contributed by atoms with Crippen molar-refractivity contribution in [2.45, 2.75) is 31.1 Å². The van der Waals surface area contributed by atoms with E-state index in [4.69, 9.17) is 4.74 Å². The van der Waals surface area contributed by atoms with Crippen LogP contribution in [-0.4, -0.2) is 34.1 Å². The number of para-hydroxylation sites is 1. The molecule has 0 aliphatic heterocycles. The molecule has 3 rings (SSSR count). The van der Waals surface area contributed by atoms with Crippen molar-refractivity contribution in [3.05, 3.63) is 59.7 Å². The maximum absolute atomic E-state index is 12.5. The number of hydrogen-bond acceptors (Lipinski definition) is 4. The van der Waals surface area contributed by atoms with Crippen molar-refractivity contribution in [3.63, 3.8) is 0 Å². The quantitative estimate of drug-likeness (QED) is 0.597. The maximum Gasteiger partial charge on any atom is 0.261 e. The van der Waals surface area contributed by atoms with Gasteiger partial charge >= 0.3 is 0 Å². The van der Waals surface area contributed by atoms with Gasteiger partial charge in [-0.1, -0.05) is 18.2 Å². The zero-order valence-corrected chi connectivity index (χ0v) is 16.8. The van der Waals surface area contributed by atoms with Gasteiger partial charge in [-0.05, 0) is 68.0 Å². The molecule has 1 aliphatic rings. The van der Waals surface area contributed by atoms with Crippen molar-refractivity contribution in [1.82, 2.24) is 5.32 Å². The zero-order chi connectivity index (χ0) is 20.0. The predicted octanol–water partition coefficient (Wildman–Crippen LogP) is 3.34. The highest BCUT2D eigenvalue weighted by atomic mass is 32.2. The standard InChI is InChI=1S/C21H26N2O4S/c1-16-5-2-3-6-20(16)23-28(25,26)19-11-9-18(10-12-19)21(24)22-13-4-14-27-15-17-7-8-17/h2-3,5-6,9-12,17,23H,4,7-8,13-15H2,1H3,(H,22,24). The molecule has 1 fully saturated rings. The van der Waals surface area contributed by atoms with Gasteiger partial charge in [0.15, 0.2) is 0 Å². The van der Waals surface area contributed by atoms with Crippen molar-refractivity contribution >= 4 is 21.6 Å². The third kappa shape index (κ3) is 5.81. The molecule has 2 aromatic rings. The molecule has 0 atom stereocenters. The Morgan fingerprint density at radius 1 is 1.11 bits per heavy atom. The SMILES string of the molecule is Cc1ccccc1NS(=O)(=O)c1ccc(C(=O)NCCCOCC2CC2)cc1. The van der Waals surface area contributed by atoms with Gasteiger partial charge in [0.2, 0.25) is 0 Å². The highest BCUT2D eigenvalue weighted by molar-refractivity contribution is 7.92. The first-order chi connectivity index (χ1) is 13.5. The summed E-state index contributed by atoms with van der Waals surface area (Å²) in [7, 11) is -3.71. The van der Waals surface area contributed by atoms with E-state index >= 15 is 0 Å². The minimum absolute atomic E-state index is 0.112. The number of benzene rings is 2. The summed E-state index contributed by atoms with van der Waals surface area (Å²) in [5.41, 5.74) is 1.80. The van der Waals surface area contributed by atoms with Crippen LogP contribution in [0.15, 0.2) is 53.4 Å². The highest BCUT2D eigenvalue weighted by Crippen LogP contribution is 2.28. The molecule has 0 saturated heterocycles. The Labute approximate surface area is 166 Å². The fraction of sp³-hybridized carbons (Fsp3) is 0.381. The summed E-state index contributed by atoms with van der Waals surface area (Å²) < 4.78 is 33.2. The lowest BCUT2D eigenvalue weighted by atomic mass is 10.2. The van der Waals surface area contributed by atoms with Gasteiger partial charge in [-0.3, -0.25) is 9.52 Å². The van der Waals surface area contributed by atoms with Crippen LogP contribution in [0.2, 0.25) is 0 Å². The topological polar surface area (TPSA) is 84.5 Å². The van der Waals surface area contributed by atoms with Crippen LogP contribution >= 0.6 is 0 Å². The number of hydrogen-bond donors (Lipinski definition) is 2. The molecule has 6 nitrogen and oxygen atoms in total. The first-order valence-electron chi connectivity index (χ1n) is 9.50. The van der Waals surface area contributed by atoms with E-state index in [-0.39, 0.29) is 10.8 Å². The van der Waals surface area contributed by atoms with E-state index in [1.54, 1.807) is 12.1 Å². The monoisotopic (exact) mass is 402 g/mol. The van der Waals surface area contributed by atoms with Crippen molar-refractivity contribution in [2.24, 2.45) is 5.92 Å². The number of aryl methyl sites for hydroxylation is 1. The van der Waals surface area contributed by atoms with Gasteiger partial charge in [-0.15, -0.1) is 0 Å². The summed E-state index contributed by atoms with van der Waals surface area (Å²) in [6.45, 7) is 3.82. The lowest BCUT2D eigenvalue weighted by Crippen LogP contribution is -2.25. The average Bonchev–Trinajstić information content (AvgIpc) is 3.50. The van der Waals surface area contributed by atoms with E-state index in [0.29, 0.717) is 24.4 Å². The molecule has 0 aromatic heterocycles. The molecular formula is C21H26N2O4S. The Balaban J connectivity index is 1.50. The number of amides is 1. The summed E-state index contributed by atoms with van der Waals surface area (Å²) in [6.07, 6.45) is 3.29. The van der Waals surface area contributed by atoms with Crippen LogP contribution in [0.4, 0.5) is 5.69 Å². The molecule has 150 valence electrons. The molecule has 1 amide bonds. The molecule has 2 N–H and O–H groups in total. The highest BCUT2D eigenvalue weighted by Gasteiger charge is 2.21. The third-order valence-corrected chi connectivity index (χ3v) is 6.00. The van der Waals surface area contributed by atoms with Gasteiger partial charge in [0.1, 0.15) is 0 Å². The second-order valence-electron chi connectivity index (χ2n) is 7.07. The molecule has 0 heterocycles. The molecule has 0 unspecified atom stereocenters. The zero-order valence-electron chi connectivity index (χ0n) is 16.0. The number of rotatable bonds is 10. The normalized spacial score (nSPS) is 13.9. The van der Waals surface area contributed by atoms with Crippen LogP contribution in [0.5, 0.6) is 0 Å². The number of nitrogens with one attached hydrogen (secondary N) is 2. The van der Waals surface area contributed by atoms with E-state index in [2.05, 4.69) is 10.0 Å². The molecule has 1 aliphatic carbocycles. The summed E-state index contributed by atoms with van der Waals surface area (Å²) in [6, 6.07) is 13.1. The second kappa shape index (κ2) is 9.21. The van der Waals surface area contributed by atoms with E-state index in [9.17, 15) is 13.2 Å². The van der Waals surface area contributed by atoms with Gasteiger partial charge in [-0.25, -0.2) is 8.42 Å². The molecule has 7 heteroatoms. The van der Waals surface area contributed by atoms with Crippen LogP contribution in [0.3, 0.4) is 0 Å². The smallest absolute Gasteiger partial charge is 0.261 e. The van der Waals surface area contributed by atoms with Crippen LogP contribution in [0.25, 0.3) is 0 Å². The van der Waals surface area contributed by atoms with Crippen molar-refractivity contribution in [1.29, 1.82) is 0 Å². The van der Waals surface area contributed by atoms with Crippen LogP contribution in [0.1, 0.15) is 35.2 Å². The van der Waals surface area contributed by atoms with Crippen LogP contribution in [-0.2, 0) is 14.8 Å². The molecule has 1 saturated carbocycles. The van der Waals surface area contributed by atoms with Crippen LogP contribution in [0, 0.1) is 12.8 Å². The third-order valence-electron chi connectivity index (χ3n) is 4.62. The second-order valence-corrected chi connectivity index (χ2v) is 8.75. The molecule has 2 aromatic carbocycles. The minimum Gasteiger partial charge on any atom is -0.381 e. The van der Waals surface area contributed by atoms with Crippen molar-refractivity contribution in [3.8, 4) is 0 Å². The summed E-state index contributed by atoms with van der Waals surface area (Å²) >= 11 is 0. The van der Waals surface area contributed by atoms with E-state index in [1.165, 1.54) is 37.1 Å². The molecular weight excluding hydrogens is 376 g/mol. The maximum atomic E-state index is 12.5. The van der Waals surface area contributed by atoms with Gasteiger partial charge in [0.25, 0.3) is 15.9 Å². The van der Waals surface area contributed by atoms with Crippen molar-refractivity contribution < 1.29 is 17.9 Å². The van der Waals surface area contributed by atoms with Gasteiger partial charge in [-0.2, -0.15) is 0 Å². The molecule has 0 spiro atoms. The van der Waals surface area contributed by atoms with E-state index < -0.39 is 10.0 Å². The van der Waals surface area contributed by atoms with Gasteiger partial charge in [0, 0.05) is 25.3 Å². The first-order valence-corrected chi connectivity index (χ1v) is 11.0. The summed E-state index contributed by atoms with van der Waals surface area (Å²) in [5, 5.41) is 2.82. The summed E-state index contributed by atoms with van der Waals surface area (Å²) in [4.78, 5) is 12.3. The lowest BCUT2D eigenvalue weighted by Gasteiger charge is -2.11. The Morgan fingerprint density at radius 3 is 2.50 bits per heavy atom. The largest absolute Gasteiger partial charge is 0.381 e. The Bertz CT molecular complexity index is 906. The van der Waals surface area contributed by atoms with E-state index in [0.717, 1.165) is 24.5 Å². The van der Waals surface area contributed by atoms with Crippen molar-refractivity contribution in [2.75, 3.05) is 24.5 Å². The lowest BCUT2D eigenvalue weighted by molar-refractivity contribution is 0.0937. The number of sulfonamides is 1. The van der Waals surface area contributed by atoms with Gasteiger partial charge < -0.3 is 10.1 Å². The van der Waals surface area contributed by atoms with E-state index in [1.807, 2.05) is 19.1 Å². The fourth-order valence-electron chi connectivity index (χ4n) is 2.69. The van der Waals surface area contributed by atoms with Crippen LogP contribution < -0.4 is 10.0 Å². The Hall–Kier alpha value is -2.38. The minimum atomic E-state index is -3.71. The number of ether oxygens (including phenoxy) is 1.